The molecule has 20 heavy (non-hydrogen) atoms. The zero-order valence-corrected chi connectivity index (χ0v) is 10.4. The molecule has 0 bridgehead atoms. The van der Waals surface area contributed by atoms with Gasteiger partial charge in [0.05, 0.1) is 4.92 Å². The van der Waals surface area contributed by atoms with Crippen molar-refractivity contribution in [3.63, 3.8) is 0 Å². The number of rotatable bonds is 6. The van der Waals surface area contributed by atoms with Crippen LogP contribution in [0.4, 0.5) is 11.5 Å². The van der Waals surface area contributed by atoms with E-state index >= 15 is 0 Å². The number of aromatic amines is 1. The SMILES string of the molecule is N#Cc1cc([N+](=O)[O-])cnc1NCCCc1ncn[nH]1. The first-order chi connectivity index (χ1) is 9.70. The molecular formula is C11H11N7O2. The van der Waals surface area contributed by atoms with E-state index in [1.165, 1.54) is 12.4 Å². The van der Waals surface area contributed by atoms with Gasteiger partial charge in [0.1, 0.15) is 35.8 Å². The zero-order valence-electron chi connectivity index (χ0n) is 10.4. The normalized spacial score (nSPS) is 9.95. The van der Waals surface area contributed by atoms with Crippen molar-refractivity contribution in [3.05, 3.63) is 40.1 Å². The van der Waals surface area contributed by atoms with Gasteiger partial charge >= 0.3 is 0 Å². The Hall–Kier alpha value is -3.02. The highest BCUT2D eigenvalue weighted by Crippen LogP contribution is 2.18. The number of aromatic nitrogens is 4. The lowest BCUT2D eigenvalue weighted by Crippen LogP contribution is -2.07. The Morgan fingerprint density at radius 3 is 3.00 bits per heavy atom. The number of H-pyrrole nitrogens is 1. The lowest BCUT2D eigenvalue weighted by molar-refractivity contribution is -0.385. The summed E-state index contributed by atoms with van der Waals surface area (Å²) in [5.41, 5.74) is -0.0485. The van der Waals surface area contributed by atoms with E-state index in [-0.39, 0.29) is 11.3 Å². The van der Waals surface area contributed by atoms with E-state index < -0.39 is 4.92 Å². The number of aryl methyl sites for hydroxylation is 1. The third kappa shape index (κ3) is 3.26. The fourth-order valence-electron chi connectivity index (χ4n) is 1.59. The van der Waals surface area contributed by atoms with Crippen LogP contribution in [0.15, 0.2) is 18.6 Å². The lowest BCUT2D eigenvalue weighted by Gasteiger charge is -2.06. The average molecular weight is 273 g/mol. The summed E-state index contributed by atoms with van der Waals surface area (Å²) in [5, 5.41) is 29.0. The first kappa shape index (κ1) is 13.4. The molecule has 2 N–H and O–H groups in total. The maximum Gasteiger partial charge on any atom is 0.289 e. The van der Waals surface area contributed by atoms with Crippen molar-refractivity contribution in [3.8, 4) is 6.07 Å². The number of anilines is 1. The van der Waals surface area contributed by atoms with E-state index in [4.69, 9.17) is 5.26 Å². The van der Waals surface area contributed by atoms with Crippen LogP contribution >= 0.6 is 0 Å². The van der Waals surface area contributed by atoms with E-state index in [0.29, 0.717) is 18.8 Å². The largest absolute Gasteiger partial charge is 0.369 e. The van der Waals surface area contributed by atoms with Gasteiger partial charge < -0.3 is 5.32 Å². The third-order valence-corrected chi connectivity index (χ3v) is 2.55. The second kappa shape index (κ2) is 6.24. The Bertz CT molecular complexity index is 633. The van der Waals surface area contributed by atoms with Gasteiger partial charge in [-0.05, 0) is 6.42 Å². The van der Waals surface area contributed by atoms with Crippen molar-refractivity contribution < 1.29 is 4.92 Å². The minimum absolute atomic E-state index is 0.152. The maximum atomic E-state index is 10.6. The van der Waals surface area contributed by atoms with Crippen LogP contribution in [0.25, 0.3) is 0 Å². The van der Waals surface area contributed by atoms with Gasteiger partial charge in [0, 0.05) is 19.0 Å². The molecule has 0 aliphatic carbocycles. The van der Waals surface area contributed by atoms with Crippen molar-refractivity contribution in [2.45, 2.75) is 12.8 Å². The number of nitrogens with zero attached hydrogens (tertiary/aromatic N) is 5. The van der Waals surface area contributed by atoms with E-state index in [1.807, 2.05) is 6.07 Å². The van der Waals surface area contributed by atoms with E-state index in [9.17, 15) is 10.1 Å². The highest BCUT2D eigenvalue weighted by Gasteiger charge is 2.11. The topological polar surface area (TPSA) is 133 Å². The Balaban J connectivity index is 1.92. The number of nitrogens with one attached hydrogen (secondary N) is 2. The summed E-state index contributed by atoms with van der Waals surface area (Å²) in [6.45, 7) is 0.570. The molecule has 0 saturated heterocycles. The van der Waals surface area contributed by atoms with Crippen LogP contribution in [0.2, 0.25) is 0 Å². The predicted octanol–water partition coefficient (Wildman–Crippen LogP) is 1.02. The van der Waals surface area contributed by atoms with Gasteiger partial charge in [-0.2, -0.15) is 10.4 Å². The van der Waals surface area contributed by atoms with Crippen LogP contribution in [0.1, 0.15) is 17.8 Å². The molecule has 9 heteroatoms. The highest BCUT2D eigenvalue weighted by atomic mass is 16.6. The lowest BCUT2D eigenvalue weighted by atomic mass is 10.2. The minimum Gasteiger partial charge on any atom is -0.369 e. The number of nitro groups is 1. The van der Waals surface area contributed by atoms with Crippen LogP contribution in [0.3, 0.4) is 0 Å². The molecule has 0 spiro atoms. The summed E-state index contributed by atoms with van der Waals surface area (Å²) in [6.07, 6.45) is 4.04. The van der Waals surface area contributed by atoms with Gasteiger partial charge in [-0.1, -0.05) is 0 Å². The Labute approximate surface area is 113 Å². The standard InChI is InChI=1S/C11H11N7O2/c12-5-8-4-9(18(19)20)6-14-11(8)13-3-1-2-10-15-7-16-17-10/h4,6-7H,1-3H2,(H,13,14)(H,15,16,17). The van der Waals surface area contributed by atoms with Gasteiger partial charge in [0.25, 0.3) is 5.69 Å². The Kier molecular flexibility index (Phi) is 4.18. The number of hydrogen-bond acceptors (Lipinski definition) is 7. The van der Waals surface area contributed by atoms with Crippen molar-refractivity contribution in [2.24, 2.45) is 0 Å². The predicted molar refractivity (Wildman–Crippen MR) is 68.8 cm³/mol. The monoisotopic (exact) mass is 273 g/mol. The molecule has 9 nitrogen and oxygen atoms in total. The Morgan fingerprint density at radius 1 is 1.50 bits per heavy atom. The van der Waals surface area contributed by atoms with Gasteiger partial charge in [-0.15, -0.1) is 0 Å². The van der Waals surface area contributed by atoms with E-state index in [1.54, 1.807) is 0 Å². The second-order valence-electron chi connectivity index (χ2n) is 3.92. The molecule has 2 heterocycles. The molecule has 2 aromatic heterocycles. The average Bonchev–Trinajstić information content (AvgIpc) is 2.96. The van der Waals surface area contributed by atoms with Crippen LogP contribution < -0.4 is 5.32 Å². The summed E-state index contributed by atoms with van der Waals surface area (Å²) < 4.78 is 0. The molecular weight excluding hydrogens is 262 g/mol. The van der Waals surface area contributed by atoms with E-state index in [0.717, 1.165) is 18.4 Å². The first-order valence-corrected chi connectivity index (χ1v) is 5.83. The van der Waals surface area contributed by atoms with Gasteiger partial charge in [-0.3, -0.25) is 15.2 Å². The van der Waals surface area contributed by atoms with Crippen LogP contribution in [0.5, 0.6) is 0 Å². The summed E-state index contributed by atoms with van der Waals surface area (Å²) in [7, 11) is 0. The molecule has 0 unspecified atom stereocenters. The molecule has 102 valence electrons. The number of nitriles is 1. The highest BCUT2D eigenvalue weighted by molar-refractivity contribution is 5.55. The molecule has 2 rings (SSSR count). The van der Waals surface area contributed by atoms with Gasteiger partial charge in [-0.25, -0.2) is 9.97 Å². The minimum atomic E-state index is -0.582. The molecule has 0 fully saturated rings. The number of pyridine rings is 1. The fourth-order valence-corrected chi connectivity index (χ4v) is 1.59. The Morgan fingerprint density at radius 2 is 2.35 bits per heavy atom. The third-order valence-electron chi connectivity index (χ3n) is 2.55. The molecule has 0 radical (unpaired) electrons. The van der Waals surface area contributed by atoms with Crippen molar-refractivity contribution in [2.75, 3.05) is 11.9 Å². The summed E-state index contributed by atoms with van der Waals surface area (Å²) >= 11 is 0. The summed E-state index contributed by atoms with van der Waals surface area (Å²) in [6, 6.07) is 3.09. The quantitative estimate of drug-likeness (QED) is 0.456. The summed E-state index contributed by atoms with van der Waals surface area (Å²) in [4.78, 5) is 17.9. The molecule has 0 saturated carbocycles. The molecule has 0 aromatic carbocycles. The molecule has 0 amide bonds. The summed E-state index contributed by atoms with van der Waals surface area (Å²) in [5.74, 6) is 1.12. The maximum absolute atomic E-state index is 10.6. The smallest absolute Gasteiger partial charge is 0.289 e. The molecule has 2 aromatic rings. The van der Waals surface area contributed by atoms with Crippen LogP contribution in [-0.4, -0.2) is 31.6 Å². The van der Waals surface area contributed by atoms with Crippen molar-refractivity contribution in [1.29, 1.82) is 5.26 Å². The van der Waals surface area contributed by atoms with Crippen LogP contribution in [-0.2, 0) is 6.42 Å². The molecule has 0 aliphatic rings. The van der Waals surface area contributed by atoms with Gasteiger partial charge in [0.2, 0.25) is 0 Å². The van der Waals surface area contributed by atoms with Crippen molar-refractivity contribution >= 4 is 11.5 Å². The zero-order chi connectivity index (χ0) is 14.4. The molecule has 0 aliphatic heterocycles. The molecule has 0 atom stereocenters. The van der Waals surface area contributed by atoms with Crippen LogP contribution in [0, 0.1) is 21.4 Å². The first-order valence-electron chi connectivity index (χ1n) is 5.83. The second-order valence-corrected chi connectivity index (χ2v) is 3.92. The van der Waals surface area contributed by atoms with Crippen molar-refractivity contribution in [1.82, 2.24) is 20.2 Å². The van der Waals surface area contributed by atoms with E-state index in [2.05, 4.69) is 25.5 Å². The number of hydrogen-bond donors (Lipinski definition) is 2. The van der Waals surface area contributed by atoms with Gasteiger partial charge in [0.15, 0.2) is 0 Å². The fraction of sp³-hybridized carbons (Fsp3) is 0.273.